The monoisotopic (exact) mass is 484 g/mol. The Labute approximate surface area is 215 Å². The number of esters is 2. The molecule has 0 aliphatic carbocycles. The summed E-state index contributed by atoms with van der Waals surface area (Å²) in [5.74, 6) is -0.126. The lowest BCUT2D eigenvalue weighted by Gasteiger charge is -2.10. The van der Waals surface area contributed by atoms with E-state index in [0.29, 0.717) is 28.2 Å². The molecular weight excluding hydrogens is 460 g/mol. The second-order valence-corrected chi connectivity index (χ2v) is 8.59. The largest absolute Gasteiger partial charge is 0.423 e. The molecule has 180 valence electrons. The highest BCUT2D eigenvalue weighted by molar-refractivity contribution is 5.92. The van der Waals surface area contributed by atoms with Crippen LogP contribution in [-0.4, -0.2) is 11.9 Å². The van der Waals surface area contributed by atoms with Gasteiger partial charge in [-0.25, -0.2) is 9.59 Å². The Hall–Kier alpha value is -4.96. The van der Waals surface area contributed by atoms with Crippen molar-refractivity contribution in [2.45, 2.75) is 6.92 Å². The van der Waals surface area contributed by atoms with Crippen LogP contribution in [0.25, 0.3) is 22.3 Å². The van der Waals surface area contributed by atoms with E-state index in [2.05, 4.69) is 0 Å². The normalized spacial score (nSPS) is 10.5. The van der Waals surface area contributed by atoms with Crippen molar-refractivity contribution < 1.29 is 19.1 Å². The van der Waals surface area contributed by atoms with E-state index in [1.54, 1.807) is 49.4 Å². The van der Waals surface area contributed by atoms with Gasteiger partial charge >= 0.3 is 11.9 Å². The van der Waals surface area contributed by atoms with Crippen LogP contribution < -0.4 is 9.47 Å². The van der Waals surface area contributed by atoms with Crippen LogP contribution in [0.4, 0.5) is 0 Å². The highest BCUT2D eigenvalue weighted by Gasteiger charge is 2.14. The van der Waals surface area contributed by atoms with Crippen molar-refractivity contribution in [1.29, 1.82) is 0 Å². The molecule has 0 bridgehead atoms. The van der Waals surface area contributed by atoms with E-state index in [1.807, 2.05) is 84.9 Å². The predicted octanol–water partition coefficient (Wildman–Crippen LogP) is 7.77. The van der Waals surface area contributed by atoms with Gasteiger partial charge < -0.3 is 9.47 Å². The molecule has 0 N–H and O–H groups in total. The Morgan fingerprint density at radius 3 is 1.38 bits per heavy atom. The Balaban J connectivity index is 1.22. The second-order valence-electron chi connectivity index (χ2n) is 8.59. The number of hydrogen-bond donors (Lipinski definition) is 0. The van der Waals surface area contributed by atoms with Crippen LogP contribution in [0, 0.1) is 6.92 Å². The first-order chi connectivity index (χ1) is 18.1. The average molecular weight is 485 g/mol. The van der Waals surface area contributed by atoms with E-state index >= 15 is 0 Å². The summed E-state index contributed by atoms with van der Waals surface area (Å²) in [5, 5.41) is 0. The van der Waals surface area contributed by atoms with Crippen LogP contribution in [0.2, 0.25) is 0 Å². The molecule has 0 heterocycles. The number of benzene rings is 5. The maximum Gasteiger partial charge on any atom is 0.343 e. The molecule has 5 aromatic rings. The molecule has 0 saturated carbocycles. The third-order valence-corrected chi connectivity index (χ3v) is 6.02. The molecule has 0 aromatic heterocycles. The number of ether oxygens (including phenoxy) is 2. The van der Waals surface area contributed by atoms with Crippen molar-refractivity contribution in [3.8, 4) is 33.8 Å². The number of carbonyl (C=O) groups excluding carboxylic acids is 2. The van der Waals surface area contributed by atoms with Crippen molar-refractivity contribution in [2.24, 2.45) is 0 Å². The molecular formula is C33H24O4. The number of carbonyl (C=O) groups is 2. The molecule has 4 heteroatoms. The van der Waals surface area contributed by atoms with E-state index in [1.165, 1.54) is 0 Å². The van der Waals surface area contributed by atoms with E-state index in [-0.39, 0.29) is 0 Å². The quantitative estimate of drug-likeness (QED) is 0.182. The smallest absolute Gasteiger partial charge is 0.343 e. The average Bonchev–Trinajstić information content (AvgIpc) is 2.95. The zero-order chi connectivity index (χ0) is 25.6. The molecule has 0 saturated heterocycles. The highest BCUT2D eigenvalue weighted by Crippen LogP contribution is 2.26. The summed E-state index contributed by atoms with van der Waals surface area (Å²) in [6.07, 6.45) is 0. The maximum atomic E-state index is 12.7. The summed E-state index contributed by atoms with van der Waals surface area (Å²) >= 11 is 0. The van der Waals surface area contributed by atoms with Gasteiger partial charge in [-0.1, -0.05) is 84.9 Å². The topological polar surface area (TPSA) is 52.6 Å². The molecule has 37 heavy (non-hydrogen) atoms. The van der Waals surface area contributed by atoms with Crippen molar-refractivity contribution in [3.05, 3.63) is 144 Å². The van der Waals surface area contributed by atoms with E-state index in [4.69, 9.17) is 9.47 Å². The highest BCUT2D eigenvalue weighted by atomic mass is 16.5. The zero-order valence-electron chi connectivity index (χ0n) is 20.3. The number of hydrogen-bond acceptors (Lipinski definition) is 4. The minimum absolute atomic E-state index is 0.377. The molecule has 0 radical (unpaired) electrons. The molecule has 0 atom stereocenters. The van der Waals surface area contributed by atoms with Crippen molar-refractivity contribution >= 4 is 11.9 Å². The van der Waals surface area contributed by atoms with Gasteiger partial charge in [-0.05, 0) is 77.2 Å². The summed E-state index contributed by atoms with van der Waals surface area (Å²) in [7, 11) is 0. The van der Waals surface area contributed by atoms with Gasteiger partial charge in [0.25, 0.3) is 0 Å². The molecule has 0 aliphatic heterocycles. The standard InChI is InChI=1S/C33H24O4/c1-23-22-30(36-32(34)28-16-12-26(13-17-28)24-8-4-2-5-9-24)20-21-31(23)37-33(35)29-18-14-27(15-19-29)25-10-6-3-7-11-25/h2-22H,1H3. The fraction of sp³-hybridized carbons (Fsp3) is 0.0303. The lowest BCUT2D eigenvalue weighted by molar-refractivity contribution is 0.0718. The lowest BCUT2D eigenvalue weighted by Crippen LogP contribution is -2.10. The molecule has 0 unspecified atom stereocenters. The first-order valence-electron chi connectivity index (χ1n) is 11.9. The number of aryl methyl sites for hydroxylation is 1. The molecule has 0 spiro atoms. The van der Waals surface area contributed by atoms with Gasteiger partial charge in [0.15, 0.2) is 0 Å². The SMILES string of the molecule is Cc1cc(OC(=O)c2ccc(-c3ccccc3)cc2)ccc1OC(=O)c1ccc(-c2ccccc2)cc1. The minimum atomic E-state index is -0.456. The predicted molar refractivity (Wildman–Crippen MR) is 145 cm³/mol. The van der Waals surface area contributed by atoms with Crippen LogP contribution in [0.3, 0.4) is 0 Å². The molecule has 0 fully saturated rings. The van der Waals surface area contributed by atoms with Crippen molar-refractivity contribution in [2.75, 3.05) is 0 Å². The van der Waals surface area contributed by atoms with Gasteiger partial charge in [0.05, 0.1) is 11.1 Å². The van der Waals surface area contributed by atoms with Gasteiger partial charge in [-0.2, -0.15) is 0 Å². The zero-order valence-corrected chi connectivity index (χ0v) is 20.3. The summed E-state index contributed by atoms with van der Waals surface area (Å²) in [6, 6.07) is 39.4. The van der Waals surface area contributed by atoms with Crippen LogP contribution >= 0.6 is 0 Å². The first kappa shape index (κ1) is 23.8. The first-order valence-corrected chi connectivity index (χ1v) is 11.9. The summed E-state index contributed by atoms with van der Waals surface area (Å²) in [4.78, 5) is 25.3. The minimum Gasteiger partial charge on any atom is -0.423 e. The van der Waals surface area contributed by atoms with Gasteiger partial charge in [-0.15, -0.1) is 0 Å². The van der Waals surface area contributed by atoms with Crippen LogP contribution in [-0.2, 0) is 0 Å². The lowest BCUT2D eigenvalue weighted by atomic mass is 10.0. The molecule has 0 aliphatic rings. The third-order valence-electron chi connectivity index (χ3n) is 6.02. The molecule has 0 amide bonds. The van der Waals surface area contributed by atoms with Crippen molar-refractivity contribution in [3.63, 3.8) is 0 Å². The Kier molecular flexibility index (Phi) is 6.91. The molecule has 5 rings (SSSR count). The van der Waals surface area contributed by atoms with Crippen LogP contribution in [0.15, 0.2) is 127 Å². The molecule has 4 nitrogen and oxygen atoms in total. The van der Waals surface area contributed by atoms with Crippen molar-refractivity contribution in [1.82, 2.24) is 0 Å². The Morgan fingerprint density at radius 2 is 0.919 bits per heavy atom. The maximum absolute atomic E-state index is 12.7. The van der Waals surface area contributed by atoms with Gasteiger partial charge in [-0.3, -0.25) is 0 Å². The van der Waals surface area contributed by atoms with Gasteiger partial charge in [0, 0.05) is 0 Å². The van der Waals surface area contributed by atoms with E-state index in [0.717, 1.165) is 22.3 Å². The fourth-order valence-corrected chi connectivity index (χ4v) is 3.98. The summed E-state index contributed by atoms with van der Waals surface area (Å²) < 4.78 is 11.1. The van der Waals surface area contributed by atoms with E-state index in [9.17, 15) is 9.59 Å². The van der Waals surface area contributed by atoms with Crippen LogP contribution in [0.5, 0.6) is 11.5 Å². The van der Waals surface area contributed by atoms with E-state index < -0.39 is 11.9 Å². The fourth-order valence-electron chi connectivity index (χ4n) is 3.98. The number of rotatable bonds is 6. The third kappa shape index (κ3) is 5.65. The van der Waals surface area contributed by atoms with Gasteiger partial charge in [0.1, 0.15) is 11.5 Å². The molecule has 5 aromatic carbocycles. The summed E-state index contributed by atoms with van der Waals surface area (Å²) in [5.41, 5.74) is 5.79. The van der Waals surface area contributed by atoms with Crippen LogP contribution in [0.1, 0.15) is 26.3 Å². The van der Waals surface area contributed by atoms with Gasteiger partial charge in [0.2, 0.25) is 0 Å². The summed E-state index contributed by atoms with van der Waals surface area (Å²) in [6.45, 7) is 1.80. The Morgan fingerprint density at radius 1 is 0.486 bits per heavy atom. The second kappa shape index (κ2) is 10.8. The Bertz CT molecular complexity index is 1520.